The van der Waals surface area contributed by atoms with Crippen LogP contribution < -0.4 is 10.6 Å². The molecule has 2 heterocycles. The van der Waals surface area contributed by atoms with Crippen molar-refractivity contribution in [2.75, 3.05) is 23.7 Å². The van der Waals surface area contributed by atoms with Crippen LogP contribution in [0.15, 0.2) is 35.0 Å². The van der Waals surface area contributed by atoms with Crippen molar-refractivity contribution in [3.8, 4) is 0 Å². The van der Waals surface area contributed by atoms with Gasteiger partial charge < -0.3 is 10.2 Å². The minimum Gasteiger partial charge on any atom is -0.333 e. The predicted molar refractivity (Wildman–Crippen MR) is 120 cm³/mol. The highest BCUT2D eigenvalue weighted by Crippen LogP contribution is 2.20. The van der Waals surface area contributed by atoms with Gasteiger partial charge >= 0.3 is 0 Å². The van der Waals surface area contributed by atoms with Crippen LogP contribution in [0, 0.1) is 17.5 Å². The zero-order valence-electron chi connectivity index (χ0n) is 17.4. The van der Waals surface area contributed by atoms with Crippen LogP contribution in [0.25, 0.3) is 0 Å². The van der Waals surface area contributed by atoms with Gasteiger partial charge in [0, 0.05) is 11.9 Å². The number of benzene rings is 1. The maximum atomic E-state index is 13.8. The Morgan fingerprint density at radius 2 is 1.85 bits per heavy atom. The van der Waals surface area contributed by atoms with E-state index in [9.17, 15) is 27.6 Å². The van der Waals surface area contributed by atoms with E-state index in [1.807, 2.05) is 6.92 Å². The highest BCUT2D eigenvalue weighted by molar-refractivity contribution is 7.14. The van der Waals surface area contributed by atoms with Crippen molar-refractivity contribution in [1.82, 2.24) is 9.88 Å². The Morgan fingerprint density at radius 3 is 2.55 bits per heavy atom. The summed E-state index contributed by atoms with van der Waals surface area (Å²) in [5, 5.41) is 8.56. The first-order valence-corrected chi connectivity index (χ1v) is 11.5. The molecule has 12 heteroatoms. The highest BCUT2D eigenvalue weighted by atomic mass is 32.1. The number of anilines is 2. The Balaban J connectivity index is 1.60. The summed E-state index contributed by atoms with van der Waals surface area (Å²) in [4.78, 5) is 43.1. The van der Waals surface area contributed by atoms with Gasteiger partial charge in [-0.05, 0) is 30.0 Å². The van der Waals surface area contributed by atoms with E-state index >= 15 is 0 Å². The standard InChI is InChI=1S/C21H19F3N4O3S2/c1-2-7-28(10-16(29)26-14-6-5-13(22)18(23)19(14)24)17(30)9-12-11-33-21(25-12)27-20(31)15-4-3-8-32-15/h3-6,8,11H,2,7,9-10H2,1H3,(H,26,29)(H,25,27,31). The number of carbonyl (C=O) groups is 3. The molecule has 174 valence electrons. The lowest BCUT2D eigenvalue weighted by Crippen LogP contribution is -2.39. The number of rotatable bonds is 9. The second-order valence-corrected chi connectivity index (χ2v) is 8.64. The fourth-order valence-electron chi connectivity index (χ4n) is 2.83. The van der Waals surface area contributed by atoms with Gasteiger partial charge in [0.1, 0.15) is 0 Å². The maximum absolute atomic E-state index is 13.8. The predicted octanol–water partition coefficient (Wildman–Crippen LogP) is 4.29. The van der Waals surface area contributed by atoms with Crippen LogP contribution >= 0.6 is 22.7 Å². The van der Waals surface area contributed by atoms with Crippen molar-refractivity contribution in [3.05, 3.63) is 63.0 Å². The zero-order chi connectivity index (χ0) is 24.0. The SMILES string of the molecule is CCCN(CC(=O)Nc1ccc(F)c(F)c1F)C(=O)Cc1csc(NC(=O)c2cccs2)n1. The van der Waals surface area contributed by atoms with Crippen LogP contribution in [-0.2, 0) is 16.0 Å². The number of amides is 3. The van der Waals surface area contributed by atoms with Crippen molar-refractivity contribution in [2.24, 2.45) is 0 Å². The van der Waals surface area contributed by atoms with E-state index in [1.54, 1.807) is 22.9 Å². The number of carbonyl (C=O) groups excluding carboxylic acids is 3. The Labute approximate surface area is 195 Å². The van der Waals surface area contributed by atoms with E-state index in [0.29, 0.717) is 28.2 Å². The van der Waals surface area contributed by atoms with Gasteiger partial charge in [-0.2, -0.15) is 0 Å². The van der Waals surface area contributed by atoms with Gasteiger partial charge in [-0.1, -0.05) is 13.0 Å². The quantitative estimate of drug-likeness (QED) is 0.433. The van der Waals surface area contributed by atoms with Crippen molar-refractivity contribution >= 4 is 51.2 Å². The minimum atomic E-state index is -1.69. The number of aromatic nitrogens is 1. The Morgan fingerprint density at radius 1 is 1.06 bits per heavy atom. The molecule has 7 nitrogen and oxygen atoms in total. The van der Waals surface area contributed by atoms with Crippen LogP contribution in [0.4, 0.5) is 24.0 Å². The third-order valence-corrected chi connectivity index (χ3v) is 6.01. The molecule has 0 aliphatic heterocycles. The van der Waals surface area contributed by atoms with E-state index in [4.69, 9.17) is 0 Å². The van der Waals surface area contributed by atoms with Gasteiger partial charge in [0.25, 0.3) is 5.91 Å². The van der Waals surface area contributed by atoms with E-state index in [0.717, 1.165) is 6.07 Å². The molecule has 1 aromatic carbocycles. The largest absolute Gasteiger partial charge is 0.333 e. The van der Waals surface area contributed by atoms with Gasteiger partial charge in [-0.3, -0.25) is 19.7 Å². The maximum Gasteiger partial charge on any atom is 0.267 e. The fourth-order valence-corrected chi connectivity index (χ4v) is 4.15. The summed E-state index contributed by atoms with van der Waals surface area (Å²) in [5.41, 5.74) is -0.104. The number of halogens is 3. The molecule has 2 N–H and O–H groups in total. The summed E-state index contributed by atoms with van der Waals surface area (Å²) >= 11 is 2.45. The summed E-state index contributed by atoms with van der Waals surface area (Å²) in [5.74, 6) is -6.05. The summed E-state index contributed by atoms with van der Waals surface area (Å²) < 4.78 is 40.2. The first kappa shape index (κ1) is 24.4. The monoisotopic (exact) mass is 496 g/mol. The molecule has 0 fully saturated rings. The van der Waals surface area contributed by atoms with E-state index < -0.39 is 41.5 Å². The third kappa shape index (κ3) is 6.39. The minimum absolute atomic E-state index is 0.113. The van der Waals surface area contributed by atoms with Gasteiger partial charge in [0.15, 0.2) is 22.6 Å². The first-order chi connectivity index (χ1) is 15.8. The van der Waals surface area contributed by atoms with Crippen molar-refractivity contribution in [1.29, 1.82) is 0 Å². The molecule has 0 atom stereocenters. The Kier molecular flexibility index (Phi) is 8.17. The van der Waals surface area contributed by atoms with Crippen molar-refractivity contribution in [2.45, 2.75) is 19.8 Å². The van der Waals surface area contributed by atoms with E-state index in [1.165, 1.54) is 27.6 Å². The number of hydrogen-bond acceptors (Lipinski definition) is 6. The molecule has 2 aromatic heterocycles. The van der Waals surface area contributed by atoms with Crippen LogP contribution in [0.1, 0.15) is 28.7 Å². The van der Waals surface area contributed by atoms with Gasteiger partial charge in [-0.15, -0.1) is 22.7 Å². The lowest BCUT2D eigenvalue weighted by molar-refractivity contribution is -0.134. The van der Waals surface area contributed by atoms with Crippen molar-refractivity contribution in [3.63, 3.8) is 0 Å². The smallest absolute Gasteiger partial charge is 0.267 e. The molecule has 0 radical (unpaired) electrons. The lowest BCUT2D eigenvalue weighted by Gasteiger charge is -2.21. The number of nitrogens with one attached hydrogen (secondary N) is 2. The molecular weight excluding hydrogens is 477 g/mol. The number of nitrogens with zero attached hydrogens (tertiary/aromatic N) is 2. The van der Waals surface area contributed by atoms with Crippen molar-refractivity contribution < 1.29 is 27.6 Å². The molecule has 0 aliphatic rings. The zero-order valence-corrected chi connectivity index (χ0v) is 19.0. The van der Waals surface area contributed by atoms with Crippen LogP contribution in [0.3, 0.4) is 0 Å². The molecule has 0 bridgehead atoms. The first-order valence-electron chi connectivity index (χ1n) is 9.78. The average Bonchev–Trinajstić information content (AvgIpc) is 3.46. The normalized spacial score (nSPS) is 10.7. The lowest BCUT2D eigenvalue weighted by atomic mass is 10.2. The molecule has 3 aromatic rings. The van der Waals surface area contributed by atoms with Crippen LogP contribution in [0.5, 0.6) is 0 Å². The number of hydrogen-bond donors (Lipinski definition) is 2. The molecule has 0 saturated carbocycles. The Hall–Kier alpha value is -3.25. The van der Waals surface area contributed by atoms with Crippen LogP contribution in [-0.4, -0.2) is 40.7 Å². The molecule has 3 amide bonds. The summed E-state index contributed by atoms with van der Waals surface area (Å²) in [6.45, 7) is 1.66. The van der Waals surface area contributed by atoms with Gasteiger partial charge in [-0.25, -0.2) is 18.2 Å². The highest BCUT2D eigenvalue weighted by Gasteiger charge is 2.21. The third-order valence-electron chi connectivity index (χ3n) is 4.34. The molecule has 0 spiro atoms. The average molecular weight is 497 g/mol. The summed E-state index contributed by atoms with van der Waals surface area (Å²) in [7, 11) is 0. The Bertz CT molecular complexity index is 1150. The summed E-state index contributed by atoms with van der Waals surface area (Å²) in [6.07, 6.45) is 0.440. The fraction of sp³-hybridized carbons (Fsp3) is 0.238. The molecular formula is C21H19F3N4O3S2. The molecule has 0 unspecified atom stereocenters. The molecule has 0 aliphatic carbocycles. The van der Waals surface area contributed by atoms with E-state index in [2.05, 4.69) is 15.6 Å². The molecule has 3 rings (SSSR count). The van der Waals surface area contributed by atoms with Crippen LogP contribution in [0.2, 0.25) is 0 Å². The van der Waals surface area contributed by atoms with E-state index in [-0.39, 0.29) is 18.9 Å². The molecule has 33 heavy (non-hydrogen) atoms. The number of thiophene rings is 1. The summed E-state index contributed by atoms with van der Waals surface area (Å²) in [6, 6.07) is 5.03. The number of thiazole rings is 1. The second-order valence-electron chi connectivity index (χ2n) is 6.84. The second kappa shape index (κ2) is 11.1. The van der Waals surface area contributed by atoms with Gasteiger partial charge in [0.2, 0.25) is 11.8 Å². The topological polar surface area (TPSA) is 91.4 Å². The van der Waals surface area contributed by atoms with Gasteiger partial charge in [0.05, 0.1) is 29.2 Å². The molecule has 0 saturated heterocycles.